The lowest BCUT2D eigenvalue weighted by molar-refractivity contribution is -0.144. The molecule has 0 amide bonds. The van der Waals surface area contributed by atoms with E-state index in [1.54, 1.807) is 18.2 Å². The van der Waals surface area contributed by atoms with Crippen LogP contribution in [0.15, 0.2) is 18.2 Å². The maximum atomic E-state index is 10.6. The van der Waals surface area contributed by atoms with Gasteiger partial charge >= 0.3 is 5.97 Å². The Kier molecular flexibility index (Phi) is 3.66. The minimum absolute atomic E-state index is 0. The Bertz CT molecular complexity index is 384. The summed E-state index contributed by atoms with van der Waals surface area (Å²) >= 11 is 5.76. The number of hydrogen-bond acceptors (Lipinski definition) is 3. The van der Waals surface area contributed by atoms with Crippen molar-refractivity contribution in [3.05, 3.63) is 23.2 Å². The van der Waals surface area contributed by atoms with Gasteiger partial charge in [0, 0.05) is 5.02 Å². The molecule has 0 radical (unpaired) electrons. The Hall–Kier alpha value is -1.13. The van der Waals surface area contributed by atoms with E-state index in [2.05, 4.69) is 5.32 Å². The van der Waals surface area contributed by atoms with Gasteiger partial charge < -0.3 is 15.2 Å². The van der Waals surface area contributed by atoms with Gasteiger partial charge in [-0.05, 0) is 18.2 Å². The molecule has 0 aliphatic carbocycles. The van der Waals surface area contributed by atoms with Gasteiger partial charge in [-0.3, -0.25) is 0 Å². The number of halogens is 2. The molecule has 6 heteroatoms. The van der Waals surface area contributed by atoms with Crippen molar-refractivity contribution < 1.29 is 14.6 Å². The molecule has 0 saturated heterocycles. The van der Waals surface area contributed by atoms with Gasteiger partial charge in [0.1, 0.15) is 5.75 Å². The number of carboxylic acids is 1. The average molecular weight is 250 g/mol. The number of nitrogens with one attached hydrogen (secondary N) is 1. The second-order valence-electron chi connectivity index (χ2n) is 2.97. The van der Waals surface area contributed by atoms with E-state index in [1.807, 2.05) is 0 Å². The van der Waals surface area contributed by atoms with Gasteiger partial charge in [0.25, 0.3) is 0 Å². The molecule has 2 N–H and O–H groups in total. The standard InChI is InChI=1S/C9H8ClNO3.ClH/c10-5-1-2-7-6(3-5)11-4-8(14-7)9(12)13;/h1-3,8,11H,4H2,(H,12,13);1H/t8-;/m1./s1. The summed E-state index contributed by atoms with van der Waals surface area (Å²) in [6.45, 7) is 0.253. The lowest BCUT2D eigenvalue weighted by Gasteiger charge is -2.24. The number of carbonyl (C=O) groups is 1. The molecule has 1 heterocycles. The van der Waals surface area contributed by atoms with Crippen molar-refractivity contribution in [1.29, 1.82) is 0 Å². The number of rotatable bonds is 1. The molecule has 4 nitrogen and oxygen atoms in total. The van der Waals surface area contributed by atoms with Crippen molar-refractivity contribution in [1.82, 2.24) is 0 Å². The monoisotopic (exact) mass is 249 g/mol. The Labute approximate surface area is 97.6 Å². The first-order valence-electron chi connectivity index (χ1n) is 4.10. The third-order valence-corrected chi connectivity index (χ3v) is 2.20. The SMILES string of the molecule is Cl.O=C(O)[C@H]1CNc2cc(Cl)ccc2O1. The van der Waals surface area contributed by atoms with Crippen LogP contribution in [0, 0.1) is 0 Å². The highest BCUT2D eigenvalue weighted by Crippen LogP contribution is 2.31. The number of carboxylic acid groups (broad SMARTS) is 1. The van der Waals surface area contributed by atoms with E-state index < -0.39 is 12.1 Å². The zero-order valence-electron chi connectivity index (χ0n) is 7.57. The molecule has 0 fully saturated rings. The molecule has 15 heavy (non-hydrogen) atoms. The van der Waals surface area contributed by atoms with E-state index in [0.29, 0.717) is 10.8 Å². The zero-order chi connectivity index (χ0) is 10.1. The molecule has 1 atom stereocenters. The topological polar surface area (TPSA) is 58.6 Å². The van der Waals surface area contributed by atoms with Crippen molar-refractivity contribution in [3.8, 4) is 5.75 Å². The number of ether oxygens (including phenoxy) is 1. The lowest BCUT2D eigenvalue weighted by Crippen LogP contribution is -2.37. The van der Waals surface area contributed by atoms with E-state index in [9.17, 15) is 4.79 Å². The molecule has 1 aliphatic rings. The summed E-state index contributed by atoms with van der Waals surface area (Å²) in [5.41, 5.74) is 0.731. The van der Waals surface area contributed by atoms with Gasteiger partial charge in [0.2, 0.25) is 6.10 Å². The molecular weight excluding hydrogens is 241 g/mol. The predicted molar refractivity (Wildman–Crippen MR) is 59.2 cm³/mol. The van der Waals surface area contributed by atoms with Crippen molar-refractivity contribution in [2.75, 3.05) is 11.9 Å². The summed E-state index contributed by atoms with van der Waals surface area (Å²) in [4.78, 5) is 10.6. The highest BCUT2D eigenvalue weighted by Gasteiger charge is 2.25. The molecule has 0 aromatic heterocycles. The summed E-state index contributed by atoms with van der Waals surface area (Å²) < 4.78 is 5.23. The molecule has 2 rings (SSSR count). The van der Waals surface area contributed by atoms with Gasteiger partial charge in [0.15, 0.2) is 0 Å². The van der Waals surface area contributed by atoms with Crippen LogP contribution in [0.5, 0.6) is 5.75 Å². The number of fused-ring (bicyclic) bond motifs is 1. The average Bonchev–Trinajstić information content (AvgIpc) is 2.16. The van der Waals surface area contributed by atoms with Gasteiger partial charge in [0.05, 0.1) is 12.2 Å². The minimum Gasteiger partial charge on any atom is -0.478 e. The van der Waals surface area contributed by atoms with Crippen molar-refractivity contribution in [2.45, 2.75) is 6.10 Å². The zero-order valence-corrected chi connectivity index (χ0v) is 9.14. The van der Waals surface area contributed by atoms with Crippen LogP contribution in [0.25, 0.3) is 0 Å². The summed E-state index contributed by atoms with van der Waals surface area (Å²) in [5.74, 6) is -0.453. The van der Waals surface area contributed by atoms with Crippen molar-refractivity contribution in [2.24, 2.45) is 0 Å². The lowest BCUT2D eigenvalue weighted by atomic mass is 10.2. The summed E-state index contributed by atoms with van der Waals surface area (Å²) in [6, 6.07) is 5.01. The third-order valence-electron chi connectivity index (χ3n) is 1.96. The third kappa shape index (κ3) is 2.46. The molecule has 0 spiro atoms. The number of anilines is 1. The highest BCUT2D eigenvalue weighted by molar-refractivity contribution is 6.30. The highest BCUT2D eigenvalue weighted by atomic mass is 35.5. The molecule has 0 saturated carbocycles. The van der Waals surface area contributed by atoms with E-state index in [1.165, 1.54) is 0 Å². The van der Waals surface area contributed by atoms with E-state index in [-0.39, 0.29) is 19.0 Å². The Morgan fingerprint density at radius 1 is 1.60 bits per heavy atom. The number of benzene rings is 1. The van der Waals surface area contributed by atoms with Crippen LogP contribution >= 0.6 is 24.0 Å². The molecule has 0 unspecified atom stereocenters. The van der Waals surface area contributed by atoms with E-state index in [0.717, 1.165) is 5.69 Å². The van der Waals surface area contributed by atoms with Crippen LogP contribution in [0.4, 0.5) is 5.69 Å². The first kappa shape index (κ1) is 11.9. The smallest absolute Gasteiger partial charge is 0.346 e. The summed E-state index contributed by atoms with van der Waals surface area (Å²) in [6.07, 6.45) is -0.830. The minimum atomic E-state index is -0.974. The van der Waals surface area contributed by atoms with Gasteiger partial charge in [-0.15, -0.1) is 12.4 Å². The molecule has 1 aromatic carbocycles. The van der Waals surface area contributed by atoms with Crippen LogP contribution in [0.1, 0.15) is 0 Å². The van der Waals surface area contributed by atoms with Gasteiger partial charge in [-0.2, -0.15) is 0 Å². The molecule has 0 bridgehead atoms. The fourth-order valence-corrected chi connectivity index (χ4v) is 1.45. The predicted octanol–water partition coefficient (Wildman–Crippen LogP) is 2.02. The Morgan fingerprint density at radius 3 is 3.00 bits per heavy atom. The van der Waals surface area contributed by atoms with Crippen LogP contribution in [-0.2, 0) is 4.79 Å². The largest absolute Gasteiger partial charge is 0.478 e. The number of aliphatic carboxylic acids is 1. The molecular formula is C9H9Cl2NO3. The van der Waals surface area contributed by atoms with Crippen LogP contribution in [0.3, 0.4) is 0 Å². The first-order valence-corrected chi connectivity index (χ1v) is 4.47. The fraction of sp³-hybridized carbons (Fsp3) is 0.222. The second kappa shape index (κ2) is 4.59. The Balaban J connectivity index is 0.00000112. The van der Waals surface area contributed by atoms with Crippen LogP contribution in [0.2, 0.25) is 5.02 Å². The van der Waals surface area contributed by atoms with Crippen LogP contribution in [-0.4, -0.2) is 23.7 Å². The number of hydrogen-bond donors (Lipinski definition) is 2. The quantitative estimate of drug-likeness (QED) is 0.800. The first-order chi connectivity index (χ1) is 6.66. The van der Waals surface area contributed by atoms with Crippen molar-refractivity contribution >= 4 is 35.7 Å². The maximum absolute atomic E-state index is 10.6. The van der Waals surface area contributed by atoms with E-state index >= 15 is 0 Å². The van der Waals surface area contributed by atoms with Crippen LogP contribution < -0.4 is 10.1 Å². The van der Waals surface area contributed by atoms with Gasteiger partial charge in [-0.1, -0.05) is 11.6 Å². The molecule has 1 aliphatic heterocycles. The van der Waals surface area contributed by atoms with Crippen molar-refractivity contribution in [3.63, 3.8) is 0 Å². The normalized spacial score (nSPS) is 17.8. The molecule has 82 valence electrons. The second-order valence-corrected chi connectivity index (χ2v) is 3.40. The Morgan fingerprint density at radius 2 is 2.33 bits per heavy atom. The van der Waals surface area contributed by atoms with Gasteiger partial charge in [-0.25, -0.2) is 4.79 Å². The summed E-state index contributed by atoms with van der Waals surface area (Å²) in [7, 11) is 0. The molecule has 1 aromatic rings. The summed E-state index contributed by atoms with van der Waals surface area (Å²) in [5, 5.41) is 12.3. The van der Waals surface area contributed by atoms with E-state index in [4.69, 9.17) is 21.4 Å². The maximum Gasteiger partial charge on any atom is 0.346 e. The fourth-order valence-electron chi connectivity index (χ4n) is 1.28.